The van der Waals surface area contributed by atoms with Gasteiger partial charge in [0.15, 0.2) is 10.9 Å². The van der Waals surface area contributed by atoms with Gasteiger partial charge in [0.25, 0.3) is 20.2 Å². The van der Waals surface area contributed by atoms with E-state index in [0.29, 0.717) is 0 Å². The Hall–Kier alpha value is -0.860. The number of aliphatic hydroxyl groups is 2. The largest absolute Gasteiger partial charge is 0.375 e. The number of nitro groups is 1. The Bertz CT molecular complexity index is 484. The fourth-order valence-electron chi connectivity index (χ4n) is 1.32. The number of nitrogens with zero attached hydrogens (tertiary/aromatic N) is 1. The second-order valence-corrected chi connectivity index (χ2v) is 7.18. The Morgan fingerprint density at radius 1 is 0.850 bits per heavy atom. The molecule has 0 unspecified atom stereocenters. The second kappa shape index (κ2) is 7.24. The normalized spacial score (nSPS) is 16.1. The van der Waals surface area contributed by atoms with Gasteiger partial charge in [-0.15, -0.1) is 0 Å². The molecule has 0 aromatic rings. The van der Waals surface area contributed by atoms with Crippen molar-refractivity contribution in [2.75, 3.05) is 0 Å². The molecule has 0 aliphatic heterocycles. The quantitative estimate of drug-likeness (QED) is 0.221. The van der Waals surface area contributed by atoms with Gasteiger partial charge in [-0.25, -0.2) is 0 Å². The molecule has 120 valence electrons. The summed E-state index contributed by atoms with van der Waals surface area (Å²) in [5.41, 5.74) is -4.37. The van der Waals surface area contributed by atoms with Crippen LogP contribution in [0.5, 0.6) is 0 Å². The summed E-state index contributed by atoms with van der Waals surface area (Å²) in [6.07, 6.45) is -2.20. The van der Waals surface area contributed by atoms with Gasteiger partial charge >= 0.3 is 0 Å². The molecule has 0 aliphatic carbocycles. The summed E-state index contributed by atoms with van der Waals surface area (Å²) in [6, 6.07) is -1.44. The zero-order valence-electron chi connectivity index (χ0n) is 10.1. The molecule has 0 amide bonds. The zero-order chi connectivity index (χ0) is 16.1. The third kappa shape index (κ3) is 7.06. The lowest BCUT2D eigenvalue weighted by Gasteiger charge is -2.13. The first kappa shape index (κ1) is 19.1. The molecule has 0 fully saturated rings. The Labute approximate surface area is 114 Å². The molecule has 0 heterocycles. The highest BCUT2D eigenvalue weighted by atomic mass is 32.2. The van der Waals surface area contributed by atoms with E-state index in [-0.39, 0.29) is 0 Å². The van der Waals surface area contributed by atoms with Crippen LogP contribution in [0.4, 0.5) is 0 Å². The highest BCUT2D eigenvalue weighted by Gasteiger charge is 2.29. The Kier molecular flexibility index (Phi) is 6.92. The SMILES string of the molecule is O=[N+]([O-])C(CC[C@H](O)S(=O)(=O)O)CC[C@H](O)S(=O)(=O)O. The van der Waals surface area contributed by atoms with Crippen LogP contribution in [0.1, 0.15) is 25.7 Å². The van der Waals surface area contributed by atoms with E-state index in [1.165, 1.54) is 0 Å². The Morgan fingerprint density at radius 2 is 1.15 bits per heavy atom. The molecule has 4 N–H and O–H groups in total. The number of hydrogen-bond acceptors (Lipinski definition) is 8. The zero-order valence-corrected chi connectivity index (χ0v) is 11.7. The Balaban J connectivity index is 4.51. The van der Waals surface area contributed by atoms with Gasteiger partial charge in [-0.2, -0.15) is 16.8 Å². The van der Waals surface area contributed by atoms with E-state index < -0.39 is 67.8 Å². The molecule has 0 radical (unpaired) electrons. The van der Waals surface area contributed by atoms with Crippen LogP contribution in [0.3, 0.4) is 0 Å². The minimum Gasteiger partial charge on any atom is -0.375 e. The van der Waals surface area contributed by atoms with Gasteiger partial charge in [0, 0.05) is 17.8 Å². The fourth-order valence-corrected chi connectivity index (χ4v) is 2.19. The standard InChI is InChI=1S/C7H15NO10S2/c9-6(19(13,14)15)3-1-5(8(11)12)2-4-7(10)20(16,17)18/h5-7,9-10H,1-4H2,(H,13,14,15)(H,16,17,18)/t6-,7-/m1/s1. The van der Waals surface area contributed by atoms with Crippen LogP contribution >= 0.6 is 0 Å². The maximum atomic E-state index is 10.6. The van der Waals surface area contributed by atoms with Crippen molar-refractivity contribution in [3.8, 4) is 0 Å². The number of rotatable bonds is 9. The molecule has 20 heavy (non-hydrogen) atoms. The summed E-state index contributed by atoms with van der Waals surface area (Å²) < 4.78 is 58.9. The van der Waals surface area contributed by atoms with E-state index in [1.54, 1.807) is 0 Å². The van der Waals surface area contributed by atoms with E-state index in [4.69, 9.17) is 19.3 Å². The molecule has 0 aromatic heterocycles. The van der Waals surface area contributed by atoms with E-state index in [2.05, 4.69) is 0 Å². The van der Waals surface area contributed by atoms with E-state index in [9.17, 15) is 26.9 Å². The maximum Gasteiger partial charge on any atom is 0.291 e. The molecule has 0 aromatic carbocycles. The van der Waals surface area contributed by atoms with Crippen LogP contribution in [-0.4, -0.2) is 58.0 Å². The fraction of sp³-hybridized carbons (Fsp3) is 1.00. The topological polar surface area (TPSA) is 192 Å². The summed E-state index contributed by atoms with van der Waals surface area (Å²) in [4.78, 5) is 9.80. The molecule has 0 rings (SSSR count). The molecule has 0 spiro atoms. The predicted molar refractivity (Wildman–Crippen MR) is 64.4 cm³/mol. The van der Waals surface area contributed by atoms with Crippen molar-refractivity contribution in [1.29, 1.82) is 0 Å². The predicted octanol–water partition coefficient (Wildman–Crippen LogP) is -1.40. The minimum absolute atomic E-state index is 0.466. The molecule has 2 atom stereocenters. The smallest absolute Gasteiger partial charge is 0.291 e. The lowest BCUT2D eigenvalue weighted by molar-refractivity contribution is -0.524. The van der Waals surface area contributed by atoms with Crippen LogP contribution in [0.25, 0.3) is 0 Å². The molecule has 11 nitrogen and oxygen atoms in total. The van der Waals surface area contributed by atoms with Crippen LogP contribution < -0.4 is 0 Å². The molecule has 0 saturated carbocycles. The lowest BCUT2D eigenvalue weighted by atomic mass is 10.1. The number of aliphatic hydroxyl groups excluding tert-OH is 2. The highest BCUT2D eigenvalue weighted by molar-refractivity contribution is 7.86. The van der Waals surface area contributed by atoms with Crippen molar-refractivity contribution >= 4 is 20.2 Å². The molecule has 0 saturated heterocycles. The average molecular weight is 337 g/mol. The Morgan fingerprint density at radius 3 is 1.35 bits per heavy atom. The first-order valence-corrected chi connectivity index (χ1v) is 8.28. The number of hydrogen-bond donors (Lipinski definition) is 4. The van der Waals surface area contributed by atoms with Crippen molar-refractivity contribution in [3.05, 3.63) is 10.1 Å². The van der Waals surface area contributed by atoms with Crippen molar-refractivity contribution in [1.82, 2.24) is 0 Å². The first-order valence-electron chi connectivity index (χ1n) is 5.28. The summed E-state index contributed by atoms with van der Waals surface area (Å²) >= 11 is 0. The van der Waals surface area contributed by atoms with Gasteiger partial charge in [-0.05, 0) is 12.8 Å². The monoisotopic (exact) mass is 337 g/mol. The maximum absolute atomic E-state index is 10.6. The van der Waals surface area contributed by atoms with Crippen molar-refractivity contribution in [2.24, 2.45) is 0 Å². The third-order valence-corrected chi connectivity index (χ3v) is 4.33. The van der Waals surface area contributed by atoms with Crippen LogP contribution in [0.2, 0.25) is 0 Å². The first-order chi connectivity index (χ1) is 8.85. The molecule has 13 heteroatoms. The van der Waals surface area contributed by atoms with Gasteiger partial charge in [-0.1, -0.05) is 0 Å². The molecular weight excluding hydrogens is 322 g/mol. The van der Waals surface area contributed by atoms with E-state index in [0.717, 1.165) is 0 Å². The van der Waals surface area contributed by atoms with E-state index >= 15 is 0 Å². The molecule has 0 bridgehead atoms. The third-order valence-electron chi connectivity index (χ3n) is 2.48. The van der Waals surface area contributed by atoms with Crippen LogP contribution in [-0.2, 0) is 20.2 Å². The summed E-state index contributed by atoms with van der Waals surface area (Å²) in [6.45, 7) is 0. The average Bonchev–Trinajstić information content (AvgIpc) is 2.24. The van der Waals surface area contributed by atoms with E-state index in [1.807, 2.05) is 0 Å². The summed E-state index contributed by atoms with van der Waals surface area (Å²) in [5.74, 6) is 0. The van der Waals surface area contributed by atoms with Gasteiger partial charge in [0.1, 0.15) is 0 Å². The second-order valence-electron chi connectivity index (χ2n) is 4.03. The van der Waals surface area contributed by atoms with Crippen LogP contribution in [0.15, 0.2) is 0 Å². The van der Waals surface area contributed by atoms with Crippen molar-refractivity contribution in [3.63, 3.8) is 0 Å². The van der Waals surface area contributed by atoms with Gasteiger partial charge < -0.3 is 10.2 Å². The van der Waals surface area contributed by atoms with Gasteiger partial charge in [0.05, 0.1) is 0 Å². The van der Waals surface area contributed by atoms with Crippen LogP contribution in [0, 0.1) is 10.1 Å². The summed E-state index contributed by atoms with van der Waals surface area (Å²) in [7, 11) is -9.46. The van der Waals surface area contributed by atoms with Gasteiger partial charge in [-0.3, -0.25) is 19.2 Å². The lowest BCUT2D eigenvalue weighted by Crippen LogP contribution is -2.28. The van der Waals surface area contributed by atoms with Crippen molar-refractivity contribution in [2.45, 2.75) is 42.6 Å². The summed E-state index contributed by atoms with van der Waals surface area (Å²) in [5, 5.41) is 28.6. The highest BCUT2D eigenvalue weighted by Crippen LogP contribution is 2.15. The minimum atomic E-state index is -4.73. The molecular formula is C7H15NO10S2. The van der Waals surface area contributed by atoms with Crippen molar-refractivity contribution < 1.29 is 41.1 Å². The van der Waals surface area contributed by atoms with Gasteiger partial charge in [0.2, 0.25) is 6.04 Å². The molecule has 0 aliphatic rings.